The van der Waals surface area contributed by atoms with Crippen molar-refractivity contribution >= 4 is 14.8 Å². The molecule has 0 N–H and O–H groups in total. The van der Waals surface area contributed by atoms with Crippen molar-refractivity contribution in [3.8, 4) is 0 Å². The summed E-state index contributed by atoms with van der Waals surface area (Å²) in [5.41, 5.74) is 2.04. The van der Waals surface area contributed by atoms with E-state index in [4.69, 9.17) is 4.53 Å². The van der Waals surface area contributed by atoms with Gasteiger partial charge in [-0.05, 0) is 32.2 Å². The van der Waals surface area contributed by atoms with Crippen molar-refractivity contribution in [3.05, 3.63) is 24.0 Å². The van der Waals surface area contributed by atoms with Crippen LogP contribution in [0.15, 0.2) is 23.5 Å². The highest BCUT2D eigenvalue weighted by atomic mass is 28.3. The molecule has 0 aliphatic rings. The average molecular weight is 196 g/mol. The van der Waals surface area contributed by atoms with E-state index in [2.05, 4.69) is 18.2 Å². The number of aromatic nitrogens is 1. The number of rotatable bonds is 3. The van der Waals surface area contributed by atoms with Crippen LogP contribution in [0.2, 0.25) is 13.1 Å². The van der Waals surface area contributed by atoms with Gasteiger partial charge in [0.2, 0.25) is 0 Å². The highest BCUT2D eigenvalue weighted by Gasteiger charge is 2.02. The van der Waals surface area contributed by atoms with Gasteiger partial charge in [0, 0.05) is 13.2 Å². The molecule has 0 aliphatic carbocycles. The fourth-order valence-electron chi connectivity index (χ4n) is 1.07. The van der Waals surface area contributed by atoms with Crippen LogP contribution in [0.1, 0.15) is 12.6 Å². The number of nitrogens with zero attached hydrogens (tertiary/aromatic N) is 2. The van der Waals surface area contributed by atoms with Crippen LogP contribution in [-0.2, 0) is 11.6 Å². The first-order chi connectivity index (χ1) is 6.11. The summed E-state index contributed by atoms with van der Waals surface area (Å²) >= 11 is 0. The second-order valence-corrected chi connectivity index (χ2v) is 5.64. The zero-order chi connectivity index (χ0) is 9.84. The topological polar surface area (TPSA) is 26.5 Å². The third kappa shape index (κ3) is 2.73. The fraction of sp³-hybridized carbons (Fsp3) is 0.444. The van der Waals surface area contributed by atoms with E-state index >= 15 is 0 Å². The maximum Gasteiger partial charge on any atom is 0.266 e. The Hall–Kier alpha value is -1.03. The van der Waals surface area contributed by atoms with E-state index in [0.29, 0.717) is 0 Å². The number of oxime groups is 1. The first kappa shape index (κ1) is 10.1. The molecule has 1 rings (SSSR count). The number of hydrogen-bond donors (Lipinski definition) is 0. The van der Waals surface area contributed by atoms with Gasteiger partial charge >= 0.3 is 0 Å². The smallest absolute Gasteiger partial charge is 0.266 e. The third-order valence-corrected chi connectivity index (χ3v) is 2.24. The summed E-state index contributed by atoms with van der Waals surface area (Å²) in [6.45, 7) is 6.16. The first-order valence-corrected chi connectivity index (χ1v) is 7.21. The highest BCUT2D eigenvalue weighted by molar-refractivity contribution is 6.48. The van der Waals surface area contributed by atoms with Crippen molar-refractivity contribution in [2.45, 2.75) is 20.0 Å². The van der Waals surface area contributed by atoms with Crippen molar-refractivity contribution in [3.63, 3.8) is 0 Å². The van der Waals surface area contributed by atoms with Gasteiger partial charge in [-0.1, -0.05) is 0 Å². The van der Waals surface area contributed by atoms with E-state index < -0.39 is 9.04 Å². The van der Waals surface area contributed by atoms with Crippen LogP contribution in [0.3, 0.4) is 0 Å². The molecule has 0 fully saturated rings. The van der Waals surface area contributed by atoms with Crippen LogP contribution in [0.25, 0.3) is 0 Å². The van der Waals surface area contributed by atoms with Crippen LogP contribution in [-0.4, -0.2) is 19.3 Å². The molecular formula is C9H16N2OSi. The highest BCUT2D eigenvalue weighted by Crippen LogP contribution is 2.02. The van der Waals surface area contributed by atoms with E-state index in [1.165, 1.54) is 0 Å². The van der Waals surface area contributed by atoms with Crippen LogP contribution < -0.4 is 0 Å². The van der Waals surface area contributed by atoms with Gasteiger partial charge < -0.3 is 9.09 Å². The Balaban J connectivity index is 2.73. The van der Waals surface area contributed by atoms with Crippen molar-refractivity contribution < 1.29 is 4.53 Å². The van der Waals surface area contributed by atoms with E-state index in [1.807, 2.05) is 36.9 Å². The Morgan fingerprint density at radius 3 is 2.69 bits per heavy atom. The first-order valence-electron chi connectivity index (χ1n) is 4.43. The predicted molar refractivity (Wildman–Crippen MR) is 57.6 cm³/mol. The van der Waals surface area contributed by atoms with Crippen molar-refractivity contribution in [1.82, 2.24) is 4.57 Å². The molecule has 0 unspecified atom stereocenters. The average Bonchev–Trinajstić information content (AvgIpc) is 2.47. The van der Waals surface area contributed by atoms with Gasteiger partial charge in [0.25, 0.3) is 9.04 Å². The summed E-state index contributed by atoms with van der Waals surface area (Å²) < 4.78 is 7.33. The van der Waals surface area contributed by atoms with Crippen LogP contribution in [0.5, 0.6) is 0 Å². The summed E-state index contributed by atoms with van der Waals surface area (Å²) in [7, 11) is 0.958. The minimum Gasteiger partial charge on any atom is -0.459 e. The quantitative estimate of drug-likeness (QED) is 0.411. The Bertz CT molecular complexity index is 304. The van der Waals surface area contributed by atoms with Crippen LogP contribution in [0, 0.1) is 0 Å². The monoisotopic (exact) mass is 196 g/mol. The maximum atomic E-state index is 5.30. The molecule has 1 heterocycles. The molecule has 0 spiro atoms. The fourth-order valence-corrected chi connectivity index (χ4v) is 1.44. The van der Waals surface area contributed by atoms with E-state index in [1.54, 1.807) is 0 Å². The predicted octanol–water partition coefficient (Wildman–Crippen LogP) is 1.75. The number of hydrogen-bond acceptors (Lipinski definition) is 2. The Morgan fingerprint density at radius 2 is 2.23 bits per heavy atom. The van der Waals surface area contributed by atoms with Gasteiger partial charge in [0.05, 0.1) is 11.4 Å². The molecule has 0 amide bonds. The largest absolute Gasteiger partial charge is 0.459 e. The third-order valence-electron chi connectivity index (χ3n) is 1.71. The van der Waals surface area contributed by atoms with Crippen molar-refractivity contribution in [2.24, 2.45) is 12.2 Å². The zero-order valence-corrected chi connectivity index (χ0v) is 9.77. The molecule has 0 saturated heterocycles. The lowest BCUT2D eigenvalue weighted by atomic mass is 10.3. The molecule has 0 bridgehead atoms. The molecule has 0 radical (unpaired) electrons. The van der Waals surface area contributed by atoms with Gasteiger partial charge in [-0.15, -0.1) is 5.16 Å². The summed E-state index contributed by atoms with van der Waals surface area (Å²) in [5, 5.41) is 4.08. The summed E-state index contributed by atoms with van der Waals surface area (Å²) in [4.78, 5) is 0. The van der Waals surface area contributed by atoms with E-state index in [0.717, 1.165) is 11.4 Å². The molecule has 4 heteroatoms. The standard InChI is InChI=1S/C9H16N2OSi/c1-8(10-12-13(3)4)9-6-5-7-11(9)2/h5-7,13H,1-4H3. The van der Waals surface area contributed by atoms with Gasteiger partial charge in [0.15, 0.2) is 0 Å². The molecule has 1 aromatic rings. The Morgan fingerprint density at radius 1 is 1.54 bits per heavy atom. The molecule has 1 aromatic heterocycles. The van der Waals surface area contributed by atoms with Gasteiger partial charge in [0.1, 0.15) is 0 Å². The molecule has 0 saturated carbocycles. The second-order valence-electron chi connectivity index (χ2n) is 3.34. The minimum atomic E-state index is -1.04. The van der Waals surface area contributed by atoms with E-state index in [-0.39, 0.29) is 0 Å². The van der Waals surface area contributed by atoms with Crippen molar-refractivity contribution in [2.75, 3.05) is 0 Å². The molecule has 13 heavy (non-hydrogen) atoms. The molecular weight excluding hydrogens is 180 g/mol. The minimum absolute atomic E-state index is 0.939. The lowest BCUT2D eigenvalue weighted by Crippen LogP contribution is -2.07. The molecule has 0 atom stereocenters. The second kappa shape index (κ2) is 4.27. The Labute approximate surface area is 80.7 Å². The van der Waals surface area contributed by atoms with Crippen LogP contribution in [0.4, 0.5) is 0 Å². The van der Waals surface area contributed by atoms with Gasteiger partial charge in [-0.3, -0.25) is 0 Å². The van der Waals surface area contributed by atoms with Gasteiger partial charge in [-0.2, -0.15) is 0 Å². The summed E-state index contributed by atoms with van der Waals surface area (Å²) in [6, 6.07) is 4.03. The Kier molecular flexibility index (Phi) is 3.30. The van der Waals surface area contributed by atoms with E-state index in [9.17, 15) is 0 Å². The maximum absolute atomic E-state index is 5.30. The lowest BCUT2D eigenvalue weighted by molar-refractivity contribution is 0.351. The van der Waals surface area contributed by atoms with Crippen LogP contribution >= 0.6 is 0 Å². The normalized spacial score (nSPS) is 12.2. The molecule has 0 aliphatic heterocycles. The molecule has 0 aromatic carbocycles. The molecule has 3 nitrogen and oxygen atoms in total. The summed E-state index contributed by atoms with van der Waals surface area (Å²) in [6.07, 6.45) is 2.00. The lowest BCUT2D eigenvalue weighted by Gasteiger charge is -2.05. The molecule has 72 valence electrons. The number of aryl methyl sites for hydroxylation is 1. The SMILES string of the molecule is CC(=NO[SiH](C)C)c1cccn1C. The summed E-state index contributed by atoms with van der Waals surface area (Å²) in [5.74, 6) is 0. The zero-order valence-electron chi connectivity index (χ0n) is 8.61. The van der Waals surface area contributed by atoms with Crippen molar-refractivity contribution in [1.29, 1.82) is 0 Å². The van der Waals surface area contributed by atoms with Gasteiger partial charge in [-0.25, -0.2) is 0 Å².